The predicted molar refractivity (Wildman–Crippen MR) is 283 cm³/mol. The minimum atomic E-state index is -1.55. The third kappa shape index (κ3) is 38.4. The molecule has 1 aliphatic heterocycles. The van der Waals surface area contributed by atoms with E-state index in [1.807, 2.05) is 0 Å². The molecule has 9 heteroatoms. The fourth-order valence-corrected chi connectivity index (χ4v) is 7.31. The zero-order valence-electron chi connectivity index (χ0n) is 42.6. The molecule has 0 aromatic carbocycles. The lowest BCUT2D eigenvalue weighted by Crippen LogP contribution is -2.59. The van der Waals surface area contributed by atoms with Crippen LogP contribution in [0.2, 0.25) is 0 Å². The number of carbonyl (C=O) groups is 1. The number of unbranched alkanes of at least 4 members (excludes halogenated alkanes) is 13. The second-order valence-electron chi connectivity index (χ2n) is 17.6. The molecule has 0 amide bonds. The van der Waals surface area contributed by atoms with Gasteiger partial charge in [0.15, 0.2) is 6.29 Å². The second-order valence-corrected chi connectivity index (χ2v) is 17.6. The van der Waals surface area contributed by atoms with Gasteiger partial charge < -0.3 is 39.4 Å². The lowest BCUT2D eigenvalue weighted by atomic mass is 9.99. The maximum absolute atomic E-state index is 12.9. The van der Waals surface area contributed by atoms with E-state index in [9.17, 15) is 25.2 Å². The van der Waals surface area contributed by atoms with E-state index >= 15 is 0 Å². The van der Waals surface area contributed by atoms with Crippen molar-refractivity contribution in [3.63, 3.8) is 0 Å². The van der Waals surface area contributed by atoms with Crippen molar-refractivity contribution in [2.45, 2.75) is 218 Å². The van der Waals surface area contributed by atoms with Gasteiger partial charge in [0.2, 0.25) is 0 Å². The van der Waals surface area contributed by atoms with Gasteiger partial charge in [-0.3, -0.25) is 4.79 Å². The summed E-state index contributed by atoms with van der Waals surface area (Å²) in [5.41, 5.74) is 0. The standard InChI is InChI=1S/C59H96O9/c1-3-5-7-9-11-13-15-17-19-21-23-25-26-27-29-31-33-35-37-39-41-43-45-47-49-65-51-53(52-66-59-58(64)57(63)56(62)54(50-60)68-59)67-55(61)48-46-44-42-40-38-36-34-32-30-28-24-22-20-18-16-14-12-10-8-6-4-2/h5-8,11-14,17-20,23-25,27-29,32,34,53-54,56-60,62-64H,3-4,9-10,15-16,21-22,26,30-31,33,35-52H2,1-2H3/b7-5-,8-6-,13-11-,14-12-,19-17-,20-18-,25-23-,28-24-,29-27-,34-32-. The molecule has 6 atom stereocenters. The summed E-state index contributed by atoms with van der Waals surface area (Å²) in [5, 5.41) is 40.3. The monoisotopic (exact) mass is 949 g/mol. The number of aliphatic hydroxyl groups excluding tert-OH is 4. The van der Waals surface area contributed by atoms with Crippen molar-refractivity contribution < 1.29 is 44.2 Å². The first-order valence-corrected chi connectivity index (χ1v) is 26.6. The second kappa shape index (κ2) is 48.6. The molecule has 0 saturated carbocycles. The zero-order chi connectivity index (χ0) is 49.2. The van der Waals surface area contributed by atoms with E-state index in [4.69, 9.17) is 18.9 Å². The molecular weight excluding hydrogens is 853 g/mol. The van der Waals surface area contributed by atoms with E-state index in [-0.39, 0.29) is 25.6 Å². The summed E-state index contributed by atoms with van der Waals surface area (Å²) < 4.78 is 22.9. The number of allylic oxidation sites excluding steroid dienone is 20. The molecule has 4 N–H and O–H groups in total. The van der Waals surface area contributed by atoms with Crippen LogP contribution in [0.4, 0.5) is 0 Å². The van der Waals surface area contributed by atoms with E-state index in [0.29, 0.717) is 6.61 Å². The maximum Gasteiger partial charge on any atom is 0.306 e. The van der Waals surface area contributed by atoms with Gasteiger partial charge in [-0.25, -0.2) is 0 Å². The van der Waals surface area contributed by atoms with Crippen molar-refractivity contribution in [1.82, 2.24) is 0 Å². The zero-order valence-corrected chi connectivity index (χ0v) is 42.6. The Kier molecular flexibility index (Phi) is 44.8. The smallest absolute Gasteiger partial charge is 0.306 e. The van der Waals surface area contributed by atoms with Crippen molar-refractivity contribution in [3.8, 4) is 0 Å². The van der Waals surface area contributed by atoms with E-state index in [0.717, 1.165) is 128 Å². The quantitative estimate of drug-likeness (QED) is 0.0267. The fourth-order valence-electron chi connectivity index (χ4n) is 7.31. The van der Waals surface area contributed by atoms with Crippen LogP contribution in [0.25, 0.3) is 0 Å². The molecule has 9 nitrogen and oxygen atoms in total. The molecule has 0 aliphatic carbocycles. The molecule has 1 aliphatic rings. The molecule has 68 heavy (non-hydrogen) atoms. The average molecular weight is 949 g/mol. The Labute approximate surface area is 414 Å². The van der Waals surface area contributed by atoms with E-state index in [1.54, 1.807) is 0 Å². The van der Waals surface area contributed by atoms with Gasteiger partial charge in [0.05, 0.1) is 19.8 Å². The first-order valence-electron chi connectivity index (χ1n) is 26.6. The van der Waals surface area contributed by atoms with Gasteiger partial charge in [-0.05, 0) is 103 Å². The molecule has 0 aromatic rings. The Morgan fingerprint density at radius 3 is 1.28 bits per heavy atom. The van der Waals surface area contributed by atoms with E-state index < -0.39 is 43.4 Å². The summed E-state index contributed by atoms with van der Waals surface area (Å²) in [4.78, 5) is 12.9. The predicted octanol–water partition coefficient (Wildman–Crippen LogP) is 13.5. The maximum atomic E-state index is 12.9. The molecule has 1 rings (SSSR count). The van der Waals surface area contributed by atoms with Crippen LogP contribution in [-0.4, -0.2) is 89.6 Å². The van der Waals surface area contributed by atoms with Gasteiger partial charge in [0.1, 0.15) is 30.5 Å². The van der Waals surface area contributed by atoms with Gasteiger partial charge in [0.25, 0.3) is 0 Å². The van der Waals surface area contributed by atoms with Gasteiger partial charge in [-0.1, -0.05) is 193 Å². The highest BCUT2D eigenvalue weighted by molar-refractivity contribution is 5.69. The molecule has 1 fully saturated rings. The minimum Gasteiger partial charge on any atom is -0.457 e. The lowest BCUT2D eigenvalue weighted by molar-refractivity contribution is -0.305. The molecule has 1 heterocycles. The Morgan fingerprint density at radius 1 is 0.471 bits per heavy atom. The molecule has 386 valence electrons. The first kappa shape index (κ1) is 62.6. The SMILES string of the molecule is CC/C=C\C/C=C\C/C=C\C/C=C\C/C=C\CCCCCCCCCCOCC(COC1OC(CO)C(O)C(O)C1O)OC(=O)CCCCCCC/C=C\C/C=C\C/C=C\C/C=C\C/C=C\CC. The molecule has 0 spiro atoms. The topological polar surface area (TPSA) is 135 Å². The van der Waals surface area contributed by atoms with E-state index in [2.05, 4.69) is 135 Å². The molecule has 0 radical (unpaired) electrons. The first-order chi connectivity index (χ1) is 33.4. The van der Waals surface area contributed by atoms with Crippen molar-refractivity contribution >= 4 is 5.97 Å². The summed E-state index contributed by atoms with van der Waals surface area (Å²) in [7, 11) is 0. The third-order valence-corrected chi connectivity index (χ3v) is 11.4. The largest absolute Gasteiger partial charge is 0.457 e. The van der Waals surface area contributed by atoms with Crippen molar-refractivity contribution in [2.75, 3.05) is 26.4 Å². The van der Waals surface area contributed by atoms with Crippen LogP contribution in [0.3, 0.4) is 0 Å². The van der Waals surface area contributed by atoms with Crippen LogP contribution in [0.5, 0.6) is 0 Å². The van der Waals surface area contributed by atoms with Crippen LogP contribution in [-0.2, 0) is 23.7 Å². The van der Waals surface area contributed by atoms with Gasteiger partial charge in [-0.15, -0.1) is 0 Å². The number of hydrogen-bond acceptors (Lipinski definition) is 9. The molecular formula is C59H96O9. The number of aliphatic hydroxyl groups is 4. The fraction of sp³-hybridized carbons (Fsp3) is 0.644. The lowest BCUT2D eigenvalue weighted by Gasteiger charge is -2.39. The summed E-state index contributed by atoms with van der Waals surface area (Å²) in [6.45, 7) is 4.27. The number of ether oxygens (including phenoxy) is 4. The summed E-state index contributed by atoms with van der Waals surface area (Å²) in [6, 6.07) is 0. The van der Waals surface area contributed by atoms with Crippen molar-refractivity contribution in [3.05, 3.63) is 122 Å². The van der Waals surface area contributed by atoms with Crippen LogP contribution < -0.4 is 0 Å². The van der Waals surface area contributed by atoms with Crippen molar-refractivity contribution in [2.24, 2.45) is 0 Å². The van der Waals surface area contributed by atoms with E-state index in [1.165, 1.54) is 32.1 Å². The highest BCUT2D eigenvalue weighted by Crippen LogP contribution is 2.22. The average Bonchev–Trinajstić information content (AvgIpc) is 3.34. The van der Waals surface area contributed by atoms with Gasteiger partial charge in [-0.2, -0.15) is 0 Å². The Balaban J connectivity index is 2.23. The molecule has 0 aromatic heterocycles. The Morgan fingerprint density at radius 2 is 0.853 bits per heavy atom. The number of carbonyl (C=O) groups excluding carboxylic acids is 1. The summed E-state index contributed by atoms with van der Waals surface area (Å²) in [5.74, 6) is -0.340. The summed E-state index contributed by atoms with van der Waals surface area (Å²) in [6.07, 6.45) is 63.7. The van der Waals surface area contributed by atoms with Crippen LogP contribution in [0.15, 0.2) is 122 Å². The van der Waals surface area contributed by atoms with Gasteiger partial charge in [0, 0.05) is 13.0 Å². The third-order valence-electron chi connectivity index (χ3n) is 11.4. The molecule has 0 bridgehead atoms. The van der Waals surface area contributed by atoms with Gasteiger partial charge >= 0.3 is 5.97 Å². The Bertz CT molecular complexity index is 1450. The molecule has 6 unspecified atom stereocenters. The number of hydrogen-bond donors (Lipinski definition) is 4. The van der Waals surface area contributed by atoms with Crippen LogP contribution in [0.1, 0.15) is 181 Å². The Hall–Kier alpha value is -3.41. The number of rotatable bonds is 44. The normalized spacial score (nSPS) is 20.1. The van der Waals surface area contributed by atoms with Crippen molar-refractivity contribution in [1.29, 1.82) is 0 Å². The minimum absolute atomic E-state index is 0.122. The highest BCUT2D eigenvalue weighted by atomic mass is 16.7. The highest BCUT2D eigenvalue weighted by Gasteiger charge is 2.44. The molecule has 1 saturated heterocycles. The van der Waals surface area contributed by atoms with Crippen LogP contribution >= 0.6 is 0 Å². The van der Waals surface area contributed by atoms with Crippen LogP contribution in [0, 0.1) is 0 Å². The summed E-state index contributed by atoms with van der Waals surface area (Å²) >= 11 is 0. The number of esters is 1.